The molecule has 1 unspecified atom stereocenters. The molecule has 0 aromatic heterocycles. The van der Waals surface area contributed by atoms with Crippen LogP contribution in [0, 0.1) is 5.41 Å². The molecule has 0 aliphatic carbocycles. The first-order valence-electron chi connectivity index (χ1n) is 6.95. The SMILES string of the molecule is CC1(C(=O)N2CCNC(=O)C2CC(=O)O)CCNCC1. The Hall–Kier alpha value is -1.63. The molecule has 1 atom stereocenters. The molecule has 2 heterocycles. The summed E-state index contributed by atoms with van der Waals surface area (Å²) < 4.78 is 0. The first-order valence-corrected chi connectivity index (χ1v) is 6.95. The number of carbonyl (C=O) groups excluding carboxylic acids is 2. The number of carbonyl (C=O) groups is 3. The number of rotatable bonds is 3. The van der Waals surface area contributed by atoms with Gasteiger partial charge in [-0.2, -0.15) is 0 Å². The minimum Gasteiger partial charge on any atom is -0.481 e. The van der Waals surface area contributed by atoms with E-state index in [4.69, 9.17) is 5.11 Å². The van der Waals surface area contributed by atoms with E-state index in [1.54, 1.807) is 0 Å². The van der Waals surface area contributed by atoms with Crippen LogP contribution in [0.4, 0.5) is 0 Å². The number of nitrogens with zero attached hydrogens (tertiary/aromatic N) is 1. The van der Waals surface area contributed by atoms with E-state index in [1.165, 1.54) is 4.90 Å². The summed E-state index contributed by atoms with van der Waals surface area (Å²) in [6.45, 7) is 4.21. The normalized spacial score (nSPS) is 25.9. The van der Waals surface area contributed by atoms with Gasteiger partial charge in [0.1, 0.15) is 6.04 Å². The smallest absolute Gasteiger partial charge is 0.305 e. The molecule has 0 radical (unpaired) electrons. The molecule has 112 valence electrons. The lowest BCUT2D eigenvalue weighted by atomic mass is 9.79. The van der Waals surface area contributed by atoms with Gasteiger partial charge >= 0.3 is 5.97 Å². The summed E-state index contributed by atoms with van der Waals surface area (Å²) in [6.07, 6.45) is 1.08. The van der Waals surface area contributed by atoms with Crippen LogP contribution in [-0.2, 0) is 14.4 Å². The Bertz CT molecular complexity index is 418. The summed E-state index contributed by atoms with van der Waals surface area (Å²) in [5.74, 6) is -1.54. The van der Waals surface area contributed by atoms with Crippen molar-refractivity contribution in [1.29, 1.82) is 0 Å². The van der Waals surface area contributed by atoms with E-state index in [1.807, 2.05) is 6.92 Å². The Labute approximate surface area is 117 Å². The van der Waals surface area contributed by atoms with Gasteiger partial charge in [-0.15, -0.1) is 0 Å². The van der Waals surface area contributed by atoms with E-state index in [0.717, 1.165) is 13.1 Å². The summed E-state index contributed by atoms with van der Waals surface area (Å²) >= 11 is 0. The minimum atomic E-state index is -1.07. The maximum Gasteiger partial charge on any atom is 0.305 e. The van der Waals surface area contributed by atoms with Crippen molar-refractivity contribution in [3.8, 4) is 0 Å². The van der Waals surface area contributed by atoms with Crippen molar-refractivity contribution in [2.45, 2.75) is 32.2 Å². The van der Waals surface area contributed by atoms with Crippen molar-refractivity contribution in [2.24, 2.45) is 5.41 Å². The van der Waals surface area contributed by atoms with Crippen molar-refractivity contribution in [3.05, 3.63) is 0 Å². The second-order valence-corrected chi connectivity index (χ2v) is 5.71. The summed E-state index contributed by atoms with van der Waals surface area (Å²) in [5.41, 5.74) is -0.500. The molecule has 0 aromatic rings. The molecule has 2 fully saturated rings. The van der Waals surface area contributed by atoms with E-state index in [9.17, 15) is 14.4 Å². The molecule has 0 saturated carbocycles. The number of hydrogen-bond donors (Lipinski definition) is 3. The highest BCUT2D eigenvalue weighted by atomic mass is 16.4. The topological polar surface area (TPSA) is 98.7 Å². The second kappa shape index (κ2) is 5.78. The monoisotopic (exact) mass is 283 g/mol. The average Bonchev–Trinajstić information content (AvgIpc) is 2.41. The van der Waals surface area contributed by atoms with Gasteiger partial charge in [0.05, 0.1) is 6.42 Å². The molecule has 2 aliphatic rings. The van der Waals surface area contributed by atoms with Crippen LogP contribution in [0.1, 0.15) is 26.2 Å². The number of piperidine rings is 1. The molecular weight excluding hydrogens is 262 g/mol. The number of amides is 2. The fourth-order valence-electron chi connectivity index (χ4n) is 2.87. The first kappa shape index (κ1) is 14.8. The fraction of sp³-hybridized carbons (Fsp3) is 0.769. The molecule has 20 heavy (non-hydrogen) atoms. The van der Waals surface area contributed by atoms with E-state index in [0.29, 0.717) is 25.9 Å². The predicted molar refractivity (Wildman–Crippen MR) is 71.0 cm³/mol. The van der Waals surface area contributed by atoms with E-state index >= 15 is 0 Å². The molecule has 7 nitrogen and oxygen atoms in total. The highest BCUT2D eigenvalue weighted by Crippen LogP contribution is 2.31. The number of aliphatic carboxylic acids is 1. The fourth-order valence-corrected chi connectivity index (χ4v) is 2.87. The lowest BCUT2D eigenvalue weighted by molar-refractivity contribution is -0.154. The minimum absolute atomic E-state index is 0.0971. The van der Waals surface area contributed by atoms with Crippen LogP contribution in [0.25, 0.3) is 0 Å². The van der Waals surface area contributed by atoms with Gasteiger partial charge in [-0.25, -0.2) is 0 Å². The summed E-state index contributed by atoms with van der Waals surface area (Å²) in [7, 11) is 0. The van der Waals surface area contributed by atoms with Crippen LogP contribution < -0.4 is 10.6 Å². The molecule has 2 aliphatic heterocycles. The zero-order valence-corrected chi connectivity index (χ0v) is 11.6. The third-order valence-corrected chi connectivity index (χ3v) is 4.18. The van der Waals surface area contributed by atoms with Crippen molar-refractivity contribution in [2.75, 3.05) is 26.2 Å². The van der Waals surface area contributed by atoms with Crippen molar-refractivity contribution < 1.29 is 19.5 Å². The van der Waals surface area contributed by atoms with Crippen molar-refractivity contribution >= 4 is 17.8 Å². The summed E-state index contributed by atoms with van der Waals surface area (Å²) in [5, 5.41) is 14.8. The first-order chi connectivity index (χ1) is 9.44. The maximum absolute atomic E-state index is 12.7. The standard InChI is InChI=1S/C13H21N3O4/c1-13(2-4-14-5-3-13)12(20)16-7-6-15-11(19)9(16)8-10(17)18/h9,14H,2-8H2,1H3,(H,15,19)(H,17,18). The zero-order chi connectivity index (χ0) is 14.8. The van der Waals surface area contributed by atoms with E-state index in [-0.39, 0.29) is 18.2 Å². The molecular formula is C13H21N3O4. The summed E-state index contributed by atoms with van der Waals surface area (Å²) in [4.78, 5) is 37.0. The molecule has 0 aromatic carbocycles. The van der Waals surface area contributed by atoms with Gasteiger partial charge in [-0.1, -0.05) is 6.92 Å². The van der Waals surface area contributed by atoms with Gasteiger partial charge in [-0.05, 0) is 25.9 Å². The number of carboxylic acids is 1. The van der Waals surface area contributed by atoms with Crippen LogP contribution in [0.15, 0.2) is 0 Å². The number of nitrogens with one attached hydrogen (secondary N) is 2. The largest absolute Gasteiger partial charge is 0.481 e. The van der Waals surface area contributed by atoms with Gasteiger partial charge in [0.15, 0.2) is 0 Å². The van der Waals surface area contributed by atoms with Gasteiger partial charge in [0, 0.05) is 18.5 Å². The number of piperazine rings is 1. The molecule has 3 N–H and O–H groups in total. The second-order valence-electron chi connectivity index (χ2n) is 5.71. The Morgan fingerprint density at radius 1 is 1.35 bits per heavy atom. The van der Waals surface area contributed by atoms with Gasteiger partial charge in [0.2, 0.25) is 11.8 Å². The van der Waals surface area contributed by atoms with Crippen LogP contribution in [0.2, 0.25) is 0 Å². The lowest BCUT2D eigenvalue weighted by Crippen LogP contribution is -2.61. The van der Waals surface area contributed by atoms with Gasteiger partial charge in [-0.3, -0.25) is 14.4 Å². The van der Waals surface area contributed by atoms with Crippen LogP contribution in [0.5, 0.6) is 0 Å². The molecule has 2 rings (SSSR count). The third-order valence-electron chi connectivity index (χ3n) is 4.18. The van der Waals surface area contributed by atoms with Gasteiger partial charge in [0.25, 0.3) is 0 Å². The van der Waals surface area contributed by atoms with Crippen LogP contribution in [0.3, 0.4) is 0 Å². The predicted octanol–water partition coefficient (Wildman–Crippen LogP) is -0.822. The molecule has 2 amide bonds. The van der Waals surface area contributed by atoms with Crippen molar-refractivity contribution in [1.82, 2.24) is 15.5 Å². The lowest BCUT2D eigenvalue weighted by Gasteiger charge is -2.42. The molecule has 0 bridgehead atoms. The summed E-state index contributed by atoms with van der Waals surface area (Å²) in [6, 6.07) is -0.888. The Balaban J connectivity index is 2.16. The third kappa shape index (κ3) is 2.92. The van der Waals surface area contributed by atoms with Gasteiger partial charge < -0.3 is 20.6 Å². The van der Waals surface area contributed by atoms with E-state index < -0.39 is 17.4 Å². The highest BCUT2D eigenvalue weighted by molar-refractivity contribution is 5.93. The van der Waals surface area contributed by atoms with E-state index in [2.05, 4.69) is 10.6 Å². The molecule has 0 spiro atoms. The molecule has 7 heteroatoms. The van der Waals surface area contributed by atoms with Crippen LogP contribution in [-0.4, -0.2) is 60.0 Å². The average molecular weight is 283 g/mol. The highest BCUT2D eigenvalue weighted by Gasteiger charge is 2.43. The van der Waals surface area contributed by atoms with Crippen LogP contribution >= 0.6 is 0 Å². The zero-order valence-electron chi connectivity index (χ0n) is 11.6. The number of hydrogen-bond acceptors (Lipinski definition) is 4. The molecule has 2 saturated heterocycles. The Morgan fingerprint density at radius 3 is 2.60 bits per heavy atom. The Morgan fingerprint density at radius 2 is 2.00 bits per heavy atom. The number of carboxylic acid groups (broad SMARTS) is 1. The Kier molecular flexibility index (Phi) is 4.27. The van der Waals surface area contributed by atoms with Crippen molar-refractivity contribution in [3.63, 3.8) is 0 Å². The maximum atomic E-state index is 12.7. The quantitative estimate of drug-likeness (QED) is 0.628.